The number of hydrogen-bond donors (Lipinski definition) is 4. The largest absolute Gasteiger partial charge is 0.390 e. The van der Waals surface area contributed by atoms with Gasteiger partial charge in [-0.05, 0) is 65.2 Å². The van der Waals surface area contributed by atoms with Gasteiger partial charge in [-0.3, -0.25) is 4.79 Å². The molecule has 1 aromatic heterocycles. The van der Waals surface area contributed by atoms with Crippen molar-refractivity contribution in [3.63, 3.8) is 0 Å². The van der Waals surface area contributed by atoms with Gasteiger partial charge in [0.1, 0.15) is 5.82 Å². The maximum atomic E-state index is 11.7. The number of hydrogen-bond acceptors (Lipinski definition) is 6. The first kappa shape index (κ1) is 18.9. The molecule has 7 nitrogen and oxygen atoms in total. The molecule has 0 saturated heterocycles. The first-order valence-electron chi connectivity index (χ1n) is 9.62. The van der Waals surface area contributed by atoms with Crippen molar-refractivity contribution in [3.8, 4) is 0 Å². The van der Waals surface area contributed by atoms with E-state index in [1.165, 1.54) is 12.6 Å². The molecule has 26 heavy (non-hydrogen) atoms. The van der Waals surface area contributed by atoms with Crippen LogP contribution in [-0.2, 0) is 0 Å². The topological polar surface area (TPSA) is 113 Å². The molecule has 0 atom stereocenters. The summed E-state index contributed by atoms with van der Waals surface area (Å²) in [6.07, 6.45) is 8.75. The van der Waals surface area contributed by atoms with Crippen LogP contribution in [0.15, 0.2) is 6.20 Å². The van der Waals surface area contributed by atoms with E-state index in [-0.39, 0.29) is 11.1 Å². The number of nitrogens with zero attached hydrogens (tertiary/aromatic N) is 2. The Bertz CT molecular complexity index is 679. The quantitative estimate of drug-likeness (QED) is 0.620. The molecule has 2 aliphatic rings. The summed E-state index contributed by atoms with van der Waals surface area (Å²) in [4.78, 5) is 20.6. The first-order chi connectivity index (χ1) is 12.2. The monoisotopic (exact) mass is 361 g/mol. The van der Waals surface area contributed by atoms with E-state index >= 15 is 0 Å². The lowest BCUT2D eigenvalue weighted by molar-refractivity contribution is -0.0127. The number of aromatic nitrogens is 2. The maximum Gasteiger partial charge on any atom is 0.254 e. The fraction of sp³-hybridized carbons (Fsp3) is 0.737. The van der Waals surface area contributed by atoms with Crippen molar-refractivity contribution in [1.82, 2.24) is 9.97 Å². The SMILES string of the molecule is CCC1(O)CCC(C)(Nc2ncc(C(N)=O)c(NC3(C)CCC3)n2)CC1. The highest BCUT2D eigenvalue weighted by Gasteiger charge is 2.38. The second-order valence-electron chi connectivity index (χ2n) is 8.62. The van der Waals surface area contributed by atoms with Gasteiger partial charge >= 0.3 is 0 Å². The lowest BCUT2D eigenvalue weighted by Gasteiger charge is -2.42. The Kier molecular flexibility index (Phi) is 4.86. The molecule has 0 bridgehead atoms. The summed E-state index contributed by atoms with van der Waals surface area (Å²) in [5.74, 6) is 0.463. The van der Waals surface area contributed by atoms with Crippen LogP contribution in [0.3, 0.4) is 0 Å². The van der Waals surface area contributed by atoms with Crippen LogP contribution in [-0.4, -0.2) is 37.7 Å². The molecule has 0 radical (unpaired) electrons. The van der Waals surface area contributed by atoms with Gasteiger partial charge in [-0.2, -0.15) is 4.98 Å². The molecule has 2 aliphatic carbocycles. The zero-order chi connectivity index (χ0) is 19.0. The summed E-state index contributed by atoms with van der Waals surface area (Å²) in [5, 5.41) is 17.3. The molecule has 1 heterocycles. The van der Waals surface area contributed by atoms with E-state index in [2.05, 4.69) is 34.4 Å². The van der Waals surface area contributed by atoms with Gasteiger partial charge in [0.25, 0.3) is 5.91 Å². The van der Waals surface area contributed by atoms with E-state index in [4.69, 9.17) is 5.73 Å². The first-order valence-corrected chi connectivity index (χ1v) is 9.62. The number of carbonyl (C=O) groups is 1. The van der Waals surface area contributed by atoms with Gasteiger partial charge in [0, 0.05) is 17.3 Å². The predicted octanol–water partition coefficient (Wildman–Crippen LogP) is 2.82. The van der Waals surface area contributed by atoms with Gasteiger partial charge in [0.2, 0.25) is 5.95 Å². The number of nitrogens with two attached hydrogens (primary N) is 1. The minimum atomic E-state index is -0.552. The van der Waals surface area contributed by atoms with Crippen LogP contribution < -0.4 is 16.4 Å². The Balaban J connectivity index is 1.77. The van der Waals surface area contributed by atoms with Crippen molar-refractivity contribution in [2.45, 2.75) is 88.8 Å². The van der Waals surface area contributed by atoms with E-state index < -0.39 is 11.5 Å². The average molecular weight is 361 g/mol. The van der Waals surface area contributed by atoms with Gasteiger partial charge in [-0.15, -0.1) is 0 Å². The summed E-state index contributed by atoms with van der Waals surface area (Å²) < 4.78 is 0. The molecule has 0 unspecified atom stereocenters. The number of nitrogens with one attached hydrogen (secondary N) is 2. The molecule has 2 saturated carbocycles. The van der Waals surface area contributed by atoms with E-state index in [0.29, 0.717) is 17.3 Å². The maximum absolute atomic E-state index is 11.7. The highest BCUT2D eigenvalue weighted by Crippen LogP contribution is 2.39. The van der Waals surface area contributed by atoms with Gasteiger partial charge in [0.15, 0.2) is 0 Å². The molecular formula is C19H31N5O2. The van der Waals surface area contributed by atoms with Gasteiger partial charge in [0.05, 0.1) is 11.2 Å². The van der Waals surface area contributed by atoms with Crippen LogP contribution in [0.5, 0.6) is 0 Å². The van der Waals surface area contributed by atoms with Crippen LogP contribution in [0.1, 0.15) is 82.5 Å². The van der Waals surface area contributed by atoms with Crippen LogP contribution in [0.2, 0.25) is 0 Å². The highest BCUT2D eigenvalue weighted by molar-refractivity contribution is 5.97. The van der Waals surface area contributed by atoms with E-state index in [0.717, 1.165) is 44.9 Å². The number of anilines is 2. The van der Waals surface area contributed by atoms with Crippen molar-refractivity contribution in [2.75, 3.05) is 10.6 Å². The summed E-state index contributed by atoms with van der Waals surface area (Å²) in [7, 11) is 0. The Hall–Kier alpha value is -1.89. The normalized spacial score (nSPS) is 30.3. The Morgan fingerprint density at radius 1 is 1.15 bits per heavy atom. The fourth-order valence-corrected chi connectivity index (χ4v) is 3.85. The molecule has 5 N–H and O–H groups in total. The number of aliphatic hydroxyl groups is 1. The standard InChI is InChI=1S/C19H31N5O2/c1-4-19(26)10-8-18(3,9-11-19)24-16-21-12-13(14(20)25)15(22-16)23-17(2)6-5-7-17/h12,26H,4-11H2,1-3H3,(H2,20,25)(H2,21,22,23,24). The van der Waals surface area contributed by atoms with Crippen molar-refractivity contribution in [3.05, 3.63) is 11.8 Å². The van der Waals surface area contributed by atoms with Crippen molar-refractivity contribution >= 4 is 17.7 Å². The predicted molar refractivity (Wildman–Crippen MR) is 102 cm³/mol. The van der Waals surface area contributed by atoms with Crippen molar-refractivity contribution in [2.24, 2.45) is 5.73 Å². The molecule has 7 heteroatoms. The summed E-state index contributed by atoms with van der Waals surface area (Å²) in [5.41, 5.74) is 5.04. The van der Waals surface area contributed by atoms with Crippen LogP contribution in [0, 0.1) is 0 Å². The van der Waals surface area contributed by atoms with Gasteiger partial charge in [-0.25, -0.2) is 4.98 Å². The molecule has 1 aromatic rings. The molecule has 0 aliphatic heterocycles. The number of carbonyl (C=O) groups excluding carboxylic acids is 1. The van der Waals surface area contributed by atoms with E-state index in [1.54, 1.807) is 0 Å². The number of rotatable bonds is 6. The number of primary amides is 1. The summed E-state index contributed by atoms with van der Waals surface area (Å²) >= 11 is 0. The molecule has 3 rings (SSSR count). The van der Waals surface area contributed by atoms with Crippen molar-refractivity contribution < 1.29 is 9.90 Å². The van der Waals surface area contributed by atoms with E-state index in [9.17, 15) is 9.90 Å². The van der Waals surface area contributed by atoms with Crippen LogP contribution in [0.25, 0.3) is 0 Å². The fourth-order valence-electron chi connectivity index (χ4n) is 3.85. The average Bonchev–Trinajstić information content (AvgIpc) is 2.56. The Morgan fingerprint density at radius 2 is 1.77 bits per heavy atom. The Morgan fingerprint density at radius 3 is 2.27 bits per heavy atom. The van der Waals surface area contributed by atoms with E-state index in [1.807, 2.05) is 6.92 Å². The zero-order valence-electron chi connectivity index (χ0n) is 16.1. The zero-order valence-corrected chi connectivity index (χ0v) is 16.1. The molecular weight excluding hydrogens is 330 g/mol. The third-order valence-electron chi connectivity index (χ3n) is 6.29. The third-order valence-corrected chi connectivity index (χ3v) is 6.29. The van der Waals surface area contributed by atoms with Crippen LogP contribution in [0.4, 0.5) is 11.8 Å². The van der Waals surface area contributed by atoms with Gasteiger partial charge in [-0.1, -0.05) is 6.92 Å². The molecule has 1 amide bonds. The minimum absolute atomic E-state index is 0.0395. The highest BCUT2D eigenvalue weighted by atomic mass is 16.3. The second kappa shape index (κ2) is 6.68. The molecule has 0 aromatic carbocycles. The molecule has 144 valence electrons. The summed E-state index contributed by atoms with van der Waals surface area (Å²) in [6, 6.07) is 0. The minimum Gasteiger partial charge on any atom is -0.390 e. The lowest BCUT2D eigenvalue weighted by Crippen LogP contribution is -2.46. The van der Waals surface area contributed by atoms with Crippen LogP contribution >= 0.6 is 0 Å². The second-order valence-corrected chi connectivity index (χ2v) is 8.62. The van der Waals surface area contributed by atoms with Crippen molar-refractivity contribution in [1.29, 1.82) is 0 Å². The lowest BCUT2D eigenvalue weighted by atomic mass is 9.74. The Labute approximate surface area is 155 Å². The smallest absolute Gasteiger partial charge is 0.254 e. The number of amides is 1. The van der Waals surface area contributed by atoms with Gasteiger partial charge < -0.3 is 21.5 Å². The molecule has 2 fully saturated rings. The summed E-state index contributed by atoms with van der Waals surface area (Å²) in [6.45, 7) is 6.29. The third kappa shape index (κ3) is 3.92. The molecule has 0 spiro atoms.